The third-order valence-corrected chi connectivity index (χ3v) is 8.32. The SMILES string of the molecule is CCCCCCCCCCCCCC(=O)O[C@@]1(C#Cc2cccc(C)c2)CCC[C@@H]2[C@H]1CCN2C(=O)OC. The molecule has 0 bridgehead atoms. The summed E-state index contributed by atoms with van der Waals surface area (Å²) >= 11 is 0. The number of unbranched alkanes of at least 4 members (excludes halogenated alkanes) is 10. The Morgan fingerprint density at radius 2 is 1.68 bits per heavy atom. The Kier molecular flexibility index (Phi) is 12.5. The second-order valence-corrected chi connectivity index (χ2v) is 11.3. The van der Waals surface area contributed by atoms with Crippen LogP contribution in [0.2, 0.25) is 0 Å². The molecule has 1 aliphatic carbocycles. The Balaban J connectivity index is 1.56. The lowest BCUT2D eigenvalue weighted by atomic mass is 9.72. The fraction of sp³-hybridized carbons (Fsp3) is 0.697. The maximum Gasteiger partial charge on any atom is 0.409 e. The van der Waals surface area contributed by atoms with E-state index in [1.807, 2.05) is 17.0 Å². The second-order valence-electron chi connectivity index (χ2n) is 11.3. The molecule has 1 amide bonds. The zero-order valence-electron chi connectivity index (χ0n) is 24.1. The van der Waals surface area contributed by atoms with Crippen LogP contribution in [0.1, 0.15) is 121 Å². The fourth-order valence-electron chi connectivity index (χ4n) is 6.25. The zero-order valence-corrected chi connectivity index (χ0v) is 24.1. The minimum atomic E-state index is -0.857. The molecule has 3 atom stereocenters. The Labute approximate surface area is 231 Å². The second kappa shape index (κ2) is 15.8. The molecule has 5 heteroatoms. The standard InChI is InChI=1S/C33H49NO4/c1-4-5-6-7-8-9-10-11-12-13-14-20-31(35)38-33(24-21-28-18-15-17-27(2)26-28)23-16-19-30-29(33)22-25-34(30)32(36)37-3/h15,17-18,26,29-30H,4-14,16,19-20,22-23,25H2,1-3H3/t29-,30-,33-/m1/s1. The summed E-state index contributed by atoms with van der Waals surface area (Å²) in [6.07, 6.45) is 17.1. The average Bonchev–Trinajstić information content (AvgIpc) is 3.36. The van der Waals surface area contributed by atoms with Crippen molar-refractivity contribution in [3.63, 3.8) is 0 Å². The summed E-state index contributed by atoms with van der Waals surface area (Å²) in [5, 5.41) is 0. The minimum absolute atomic E-state index is 0.00205. The molecule has 2 fully saturated rings. The number of amides is 1. The molecule has 38 heavy (non-hydrogen) atoms. The van der Waals surface area contributed by atoms with Crippen molar-refractivity contribution in [3.8, 4) is 11.8 Å². The number of aryl methyl sites for hydroxylation is 1. The Hall–Kier alpha value is -2.48. The summed E-state index contributed by atoms with van der Waals surface area (Å²) in [6.45, 7) is 4.93. The summed E-state index contributed by atoms with van der Waals surface area (Å²) in [6, 6.07) is 8.11. The van der Waals surface area contributed by atoms with E-state index in [-0.39, 0.29) is 24.0 Å². The number of carbonyl (C=O) groups is 2. The summed E-state index contributed by atoms with van der Waals surface area (Å²) in [4.78, 5) is 27.3. The van der Waals surface area contributed by atoms with Gasteiger partial charge in [-0.25, -0.2) is 4.79 Å². The van der Waals surface area contributed by atoms with Crippen LogP contribution in [0, 0.1) is 24.7 Å². The van der Waals surface area contributed by atoms with Gasteiger partial charge in [-0.3, -0.25) is 4.79 Å². The molecule has 1 saturated heterocycles. The van der Waals surface area contributed by atoms with E-state index in [1.54, 1.807) is 0 Å². The maximum absolute atomic E-state index is 13.1. The van der Waals surface area contributed by atoms with Crippen LogP contribution in [0.25, 0.3) is 0 Å². The van der Waals surface area contributed by atoms with Crippen molar-refractivity contribution in [2.45, 2.75) is 128 Å². The molecule has 0 aromatic heterocycles. The summed E-state index contributed by atoms with van der Waals surface area (Å²) in [5.41, 5.74) is 1.22. The zero-order chi connectivity index (χ0) is 27.2. The monoisotopic (exact) mass is 523 g/mol. The molecule has 3 rings (SSSR count). The molecule has 1 aromatic rings. The quantitative estimate of drug-likeness (QED) is 0.149. The van der Waals surface area contributed by atoms with Gasteiger partial charge in [-0.1, -0.05) is 89.2 Å². The highest BCUT2D eigenvalue weighted by Crippen LogP contribution is 2.45. The molecule has 210 valence electrons. The van der Waals surface area contributed by atoms with Crippen LogP contribution in [0.3, 0.4) is 0 Å². The molecule has 1 aromatic carbocycles. The van der Waals surface area contributed by atoms with Gasteiger partial charge in [0.2, 0.25) is 0 Å². The lowest BCUT2D eigenvalue weighted by Gasteiger charge is -2.42. The number of hydrogen-bond donors (Lipinski definition) is 0. The van der Waals surface area contributed by atoms with E-state index in [2.05, 4.69) is 37.8 Å². The lowest BCUT2D eigenvalue weighted by Crippen LogP contribution is -2.51. The third-order valence-electron chi connectivity index (χ3n) is 8.32. The Bertz CT molecular complexity index is 948. The van der Waals surface area contributed by atoms with Crippen LogP contribution in [-0.4, -0.2) is 42.3 Å². The summed E-state index contributed by atoms with van der Waals surface area (Å²) in [7, 11) is 1.43. The Morgan fingerprint density at radius 3 is 2.34 bits per heavy atom. The van der Waals surface area contributed by atoms with Crippen LogP contribution >= 0.6 is 0 Å². The van der Waals surface area contributed by atoms with Gasteiger partial charge in [0.25, 0.3) is 0 Å². The average molecular weight is 524 g/mol. The van der Waals surface area contributed by atoms with Crippen molar-refractivity contribution in [2.24, 2.45) is 5.92 Å². The summed E-state index contributed by atoms with van der Waals surface area (Å²) in [5.74, 6) is 6.60. The number of esters is 1. The maximum atomic E-state index is 13.1. The fourth-order valence-corrected chi connectivity index (χ4v) is 6.25. The van der Waals surface area contributed by atoms with Crippen LogP contribution in [0.5, 0.6) is 0 Å². The topological polar surface area (TPSA) is 55.8 Å². The number of methoxy groups -OCH3 is 1. The number of benzene rings is 1. The van der Waals surface area contributed by atoms with E-state index in [0.717, 1.165) is 43.2 Å². The molecule has 0 spiro atoms. The molecular weight excluding hydrogens is 474 g/mol. The van der Waals surface area contributed by atoms with Crippen LogP contribution in [0.15, 0.2) is 24.3 Å². The van der Waals surface area contributed by atoms with Gasteiger partial charge in [0, 0.05) is 30.5 Å². The highest BCUT2D eigenvalue weighted by molar-refractivity contribution is 5.71. The lowest BCUT2D eigenvalue weighted by molar-refractivity contribution is -0.162. The first kappa shape index (κ1) is 30.1. The van der Waals surface area contributed by atoms with E-state index in [9.17, 15) is 9.59 Å². The number of hydrogen-bond acceptors (Lipinski definition) is 4. The van der Waals surface area contributed by atoms with E-state index in [4.69, 9.17) is 9.47 Å². The van der Waals surface area contributed by atoms with Crippen molar-refractivity contribution in [3.05, 3.63) is 35.4 Å². The normalized spacial score (nSPS) is 22.3. The molecule has 5 nitrogen and oxygen atoms in total. The van der Waals surface area contributed by atoms with Crippen LogP contribution in [-0.2, 0) is 14.3 Å². The van der Waals surface area contributed by atoms with Gasteiger partial charge in [-0.05, 0) is 62.6 Å². The predicted octanol–water partition coefficient (Wildman–Crippen LogP) is 7.97. The Morgan fingerprint density at radius 1 is 1.00 bits per heavy atom. The molecule has 0 unspecified atom stereocenters. The van der Waals surface area contributed by atoms with Gasteiger partial charge in [0.1, 0.15) is 0 Å². The number of ether oxygens (including phenoxy) is 2. The molecule has 1 aliphatic heterocycles. The highest BCUT2D eigenvalue weighted by Gasteiger charge is 2.53. The summed E-state index contributed by atoms with van der Waals surface area (Å²) < 4.78 is 11.3. The van der Waals surface area contributed by atoms with E-state index >= 15 is 0 Å². The van der Waals surface area contributed by atoms with Crippen LogP contribution < -0.4 is 0 Å². The number of fused-ring (bicyclic) bond motifs is 1. The van der Waals surface area contributed by atoms with Crippen molar-refractivity contribution in [1.29, 1.82) is 0 Å². The third kappa shape index (κ3) is 8.79. The van der Waals surface area contributed by atoms with Gasteiger partial charge in [0.05, 0.1) is 7.11 Å². The van der Waals surface area contributed by atoms with Crippen molar-refractivity contribution < 1.29 is 19.1 Å². The first-order chi connectivity index (χ1) is 18.5. The molecule has 0 radical (unpaired) electrons. The predicted molar refractivity (Wildman–Crippen MR) is 153 cm³/mol. The smallest absolute Gasteiger partial charge is 0.409 e. The van der Waals surface area contributed by atoms with E-state index in [1.165, 1.54) is 64.9 Å². The molecule has 1 saturated carbocycles. The van der Waals surface area contributed by atoms with Gasteiger partial charge in [0.15, 0.2) is 5.60 Å². The van der Waals surface area contributed by atoms with E-state index < -0.39 is 5.60 Å². The van der Waals surface area contributed by atoms with Crippen molar-refractivity contribution >= 4 is 12.1 Å². The van der Waals surface area contributed by atoms with Gasteiger partial charge in [-0.2, -0.15) is 0 Å². The molecule has 0 N–H and O–H groups in total. The number of carbonyl (C=O) groups excluding carboxylic acids is 2. The number of nitrogens with zero attached hydrogens (tertiary/aromatic N) is 1. The molecule has 1 heterocycles. The van der Waals surface area contributed by atoms with Gasteiger partial charge in [-0.15, -0.1) is 0 Å². The van der Waals surface area contributed by atoms with Crippen molar-refractivity contribution in [2.75, 3.05) is 13.7 Å². The molecular formula is C33H49NO4. The minimum Gasteiger partial charge on any atom is -0.453 e. The first-order valence-corrected chi connectivity index (χ1v) is 15.2. The number of rotatable bonds is 13. The highest BCUT2D eigenvalue weighted by atomic mass is 16.6. The van der Waals surface area contributed by atoms with E-state index in [0.29, 0.717) is 19.4 Å². The van der Waals surface area contributed by atoms with Crippen molar-refractivity contribution in [1.82, 2.24) is 4.90 Å². The van der Waals surface area contributed by atoms with Crippen LogP contribution in [0.4, 0.5) is 4.79 Å². The number of likely N-dealkylation sites (tertiary alicyclic amines) is 1. The van der Waals surface area contributed by atoms with Gasteiger partial charge < -0.3 is 14.4 Å². The first-order valence-electron chi connectivity index (χ1n) is 15.2. The van der Waals surface area contributed by atoms with Gasteiger partial charge >= 0.3 is 12.1 Å². The largest absolute Gasteiger partial charge is 0.453 e. The molecule has 2 aliphatic rings.